The molecule has 2 aliphatic carbocycles. The monoisotopic (exact) mass is 674 g/mol. The Morgan fingerprint density at radius 3 is 1.38 bits per heavy atom. The van der Waals surface area contributed by atoms with E-state index in [9.17, 15) is 0 Å². The van der Waals surface area contributed by atoms with Gasteiger partial charge in [0.2, 0.25) is 0 Å². The van der Waals surface area contributed by atoms with Crippen LogP contribution in [0.3, 0.4) is 0 Å². The first-order valence-electron chi connectivity index (χ1n) is 19.0. The van der Waals surface area contributed by atoms with Crippen molar-refractivity contribution in [3.8, 4) is 33.4 Å². The van der Waals surface area contributed by atoms with Gasteiger partial charge in [-0.1, -0.05) is 178 Å². The Morgan fingerprint density at radius 1 is 0.377 bits per heavy atom. The topological polar surface area (TPSA) is 0 Å². The number of rotatable bonds is 3. The minimum Gasteiger partial charge on any atom is -0.0757 e. The number of hydrogen-bond acceptors (Lipinski definition) is 0. The Morgan fingerprint density at radius 2 is 0.811 bits per heavy atom. The van der Waals surface area contributed by atoms with E-state index in [1.165, 1.54) is 110 Å². The van der Waals surface area contributed by atoms with Crippen LogP contribution >= 0.6 is 0 Å². The minimum atomic E-state index is -0.0681. The maximum Gasteiger partial charge on any atom is 0.0159 e. The van der Waals surface area contributed by atoms with Crippen LogP contribution in [-0.4, -0.2) is 0 Å². The Bertz CT molecular complexity index is 2910. The lowest BCUT2D eigenvalue weighted by atomic mass is 9.78. The molecule has 0 spiro atoms. The molecule has 0 heteroatoms. The number of benzene rings is 9. The van der Waals surface area contributed by atoms with E-state index in [1.807, 2.05) is 0 Å². The first kappa shape index (κ1) is 30.4. The molecule has 2 aliphatic rings. The highest BCUT2D eigenvalue weighted by atomic mass is 14.4. The second-order valence-electron chi connectivity index (χ2n) is 15.4. The van der Waals surface area contributed by atoms with E-state index in [2.05, 4.69) is 184 Å². The highest BCUT2D eigenvalue weighted by Gasteiger charge is 2.35. The highest BCUT2D eigenvalue weighted by molar-refractivity contribution is 6.29. The smallest absolute Gasteiger partial charge is 0.0159 e. The summed E-state index contributed by atoms with van der Waals surface area (Å²) in [5.74, 6) is 0. The molecule has 0 nitrogen and oxygen atoms in total. The Balaban J connectivity index is 1.24. The van der Waals surface area contributed by atoms with Crippen molar-refractivity contribution in [2.45, 2.75) is 32.1 Å². The third-order valence-electron chi connectivity index (χ3n) is 12.3. The van der Waals surface area contributed by atoms with Gasteiger partial charge in [0, 0.05) is 5.41 Å². The summed E-state index contributed by atoms with van der Waals surface area (Å²) in [6.07, 6.45) is 4.62. The van der Waals surface area contributed by atoms with Gasteiger partial charge in [0.15, 0.2) is 0 Å². The van der Waals surface area contributed by atoms with Gasteiger partial charge >= 0.3 is 0 Å². The fourth-order valence-corrected chi connectivity index (χ4v) is 9.98. The van der Waals surface area contributed by atoms with E-state index in [0.29, 0.717) is 0 Å². The molecular formula is C53H38. The molecule has 0 fully saturated rings. The van der Waals surface area contributed by atoms with Crippen LogP contribution in [-0.2, 0) is 11.8 Å². The van der Waals surface area contributed by atoms with Crippen LogP contribution in [0.15, 0.2) is 170 Å². The van der Waals surface area contributed by atoms with Crippen molar-refractivity contribution in [2.75, 3.05) is 0 Å². The molecule has 0 bridgehead atoms. The van der Waals surface area contributed by atoms with Crippen LogP contribution < -0.4 is 0 Å². The van der Waals surface area contributed by atoms with Crippen molar-refractivity contribution in [1.82, 2.24) is 0 Å². The maximum atomic E-state index is 2.48. The van der Waals surface area contributed by atoms with Crippen LogP contribution in [0.4, 0.5) is 0 Å². The van der Waals surface area contributed by atoms with E-state index in [4.69, 9.17) is 0 Å². The van der Waals surface area contributed by atoms with Gasteiger partial charge in [-0.15, -0.1) is 0 Å². The zero-order valence-electron chi connectivity index (χ0n) is 30.1. The second-order valence-corrected chi connectivity index (χ2v) is 15.4. The first-order valence-corrected chi connectivity index (χ1v) is 19.0. The molecular weight excluding hydrogens is 637 g/mol. The van der Waals surface area contributed by atoms with E-state index < -0.39 is 0 Å². The van der Waals surface area contributed by atoms with Crippen molar-refractivity contribution in [1.29, 1.82) is 0 Å². The summed E-state index contributed by atoms with van der Waals surface area (Å²) in [5.41, 5.74) is 16.2. The molecule has 11 rings (SSSR count). The van der Waals surface area contributed by atoms with Gasteiger partial charge in [0.1, 0.15) is 0 Å². The fourth-order valence-electron chi connectivity index (χ4n) is 9.98. The van der Waals surface area contributed by atoms with Gasteiger partial charge in [-0.3, -0.25) is 0 Å². The van der Waals surface area contributed by atoms with Gasteiger partial charge in [-0.25, -0.2) is 0 Å². The predicted molar refractivity (Wildman–Crippen MR) is 227 cm³/mol. The van der Waals surface area contributed by atoms with E-state index in [1.54, 1.807) is 0 Å². The average molecular weight is 675 g/mol. The molecule has 0 radical (unpaired) electrons. The molecule has 0 saturated carbocycles. The molecule has 0 heterocycles. The second kappa shape index (κ2) is 11.4. The molecule has 0 aromatic heterocycles. The summed E-state index contributed by atoms with van der Waals surface area (Å²) in [7, 11) is 0. The summed E-state index contributed by atoms with van der Waals surface area (Å²) >= 11 is 0. The zero-order valence-corrected chi connectivity index (χ0v) is 30.1. The van der Waals surface area contributed by atoms with Crippen molar-refractivity contribution in [3.63, 3.8) is 0 Å². The lowest BCUT2D eigenvalue weighted by molar-refractivity contribution is 0.660. The minimum absolute atomic E-state index is 0.0681. The van der Waals surface area contributed by atoms with Crippen LogP contribution in [0.5, 0.6) is 0 Å². The van der Waals surface area contributed by atoms with Crippen LogP contribution in [0.25, 0.3) is 82.0 Å². The Kier molecular flexibility index (Phi) is 6.53. The molecule has 250 valence electrons. The zero-order chi connectivity index (χ0) is 35.3. The molecule has 0 unspecified atom stereocenters. The molecule has 9 aromatic carbocycles. The van der Waals surface area contributed by atoms with Gasteiger partial charge in [-0.2, -0.15) is 0 Å². The van der Waals surface area contributed by atoms with Gasteiger partial charge in [0.05, 0.1) is 0 Å². The molecule has 0 N–H and O–H groups in total. The lowest BCUT2D eigenvalue weighted by Gasteiger charge is -2.25. The number of hydrogen-bond donors (Lipinski definition) is 0. The molecule has 53 heavy (non-hydrogen) atoms. The predicted octanol–water partition coefficient (Wildman–Crippen LogP) is 14.3. The summed E-state index contributed by atoms with van der Waals surface area (Å²) in [6.45, 7) is 4.76. The SMILES string of the molecule is CC1(C)c2ccccc2-c2ccc(-c3c4ccccc4c(-c4c5ccccc5c(C5=CCCc6ccccc65)c5ccccc45)c4ccccc34)cc21. The van der Waals surface area contributed by atoms with Crippen LogP contribution in [0.2, 0.25) is 0 Å². The van der Waals surface area contributed by atoms with E-state index in [0.717, 1.165) is 12.8 Å². The number of aryl methyl sites for hydroxylation is 1. The van der Waals surface area contributed by atoms with Crippen molar-refractivity contribution >= 4 is 48.7 Å². The third-order valence-corrected chi connectivity index (χ3v) is 12.3. The van der Waals surface area contributed by atoms with Gasteiger partial charge in [-0.05, 0) is 129 Å². The molecule has 0 amide bonds. The highest BCUT2D eigenvalue weighted by Crippen LogP contribution is 2.53. The maximum absolute atomic E-state index is 2.48. The van der Waals surface area contributed by atoms with Crippen molar-refractivity contribution in [2.24, 2.45) is 0 Å². The Labute approximate surface area is 310 Å². The Hall–Kier alpha value is -6.24. The van der Waals surface area contributed by atoms with Crippen LogP contribution in [0, 0.1) is 0 Å². The lowest BCUT2D eigenvalue weighted by Crippen LogP contribution is -2.14. The summed E-state index contributed by atoms with van der Waals surface area (Å²) in [6, 6.07) is 61.7. The molecule has 0 aliphatic heterocycles. The molecule has 0 atom stereocenters. The first-order chi connectivity index (χ1) is 26.1. The molecule has 0 saturated heterocycles. The fraction of sp³-hybridized carbons (Fsp3) is 0.0943. The summed E-state index contributed by atoms with van der Waals surface area (Å²) in [5, 5.41) is 10.4. The average Bonchev–Trinajstić information content (AvgIpc) is 3.44. The van der Waals surface area contributed by atoms with Crippen molar-refractivity contribution in [3.05, 3.63) is 198 Å². The third kappa shape index (κ3) is 4.30. The summed E-state index contributed by atoms with van der Waals surface area (Å²) < 4.78 is 0. The van der Waals surface area contributed by atoms with Crippen LogP contribution in [0.1, 0.15) is 48.1 Å². The molecule has 9 aromatic rings. The largest absolute Gasteiger partial charge is 0.0757 e. The normalized spacial score (nSPS) is 14.3. The quantitative estimate of drug-likeness (QED) is 0.164. The van der Waals surface area contributed by atoms with Gasteiger partial charge in [0.25, 0.3) is 0 Å². The standard InChI is InChI=1S/C53H38/c1-53(2)47-29-14-13-19-36(47)37-31-30-34(32-48(37)53)49-39-20-5-9-24-43(39)51(44-25-10-6-21-40(44)49)52-45-26-11-7-22-41(45)50(42-23-8-12-27-46(42)52)38-28-15-17-33-16-3-4-18-35(33)38/h3-14,16,18-32H,15,17H2,1-2H3. The summed E-state index contributed by atoms with van der Waals surface area (Å²) in [4.78, 5) is 0. The van der Waals surface area contributed by atoms with E-state index in [-0.39, 0.29) is 5.41 Å². The number of fused-ring (bicyclic) bond motifs is 8. The van der Waals surface area contributed by atoms with E-state index >= 15 is 0 Å². The van der Waals surface area contributed by atoms with Gasteiger partial charge < -0.3 is 0 Å². The number of allylic oxidation sites excluding steroid dienone is 1. The van der Waals surface area contributed by atoms with Crippen molar-refractivity contribution < 1.29 is 0 Å².